The molecule has 1 amide bonds. The molecule has 0 bridgehead atoms. The molecular weight excluding hydrogens is 450 g/mol. The van der Waals surface area contributed by atoms with Gasteiger partial charge in [0.1, 0.15) is 16.0 Å². The molecule has 2 saturated heterocycles. The normalized spacial score (nSPS) is 18.0. The van der Waals surface area contributed by atoms with Crippen molar-refractivity contribution in [1.29, 1.82) is 5.26 Å². The van der Waals surface area contributed by atoms with Crippen molar-refractivity contribution in [3.8, 4) is 6.07 Å². The quantitative estimate of drug-likeness (QED) is 0.607. The van der Waals surface area contributed by atoms with E-state index in [0.29, 0.717) is 46.1 Å². The van der Waals surface area contributed by atoms with Crippen LogP contribution in [0.3, 0.4) is 0 Å². The highest BCUT2D eigenvalue weighted by Gasteiger charge is 2.27. The van der Waals surface area contributed by atoms with Crippen LogP contribution in [0.25, 0.3) is 10.2 Å². The number of carbonyl (C=O) groups excluding carboxylic acids is 1. The van der Waals surface area contributed by atoms with Crippen molar-refractivity contribution in [3.63, 3.8) is 0 Å². The van der Waals surface area contributed by atoms with Crippen LogP contribution in [-0.4, -0.2) is 41.2 Å². The topological polar surface area (TPSA) is 100 Å². The molecular formula is C25H25N5O3S. The van der Waals surface area contributed by atoms with Gasteiger partial charge in [-0.05, 0) is 30.9 Å². The predicted octanol–water partition coefficient (Wildman–Crippen LogP) is 3.40. The van der Waals surface area contributed by atoms with Gasteiger partial charge in [0.25, 0.3) is 11.5 Å². The van der Waals surface area contributed by atoms with Crippen LogP contribution in [-0.2, 0) is 11.3 Å². The molecule has 3 aromatic rings. The summed E-state index contributed by atoms with van der Waals surface area (Å²) in [5.41, 5.74) is 1.91. The molecule has 9 heteroatoms. The Morgan fingerprint density at radius 1 is 1.29 bits per heavy atom. The van der Waals surface area contributed by atoms with Crippen molar-refractivity contribution in [2.75, 3.05) is 24.6 Å². The predicted molar refractivity (Wildman–Crippen MR) is 131 cm³/mol. The maximum Gasteiger partial charge on any atom is 0.273 e. The Labute approximate surface area is 201 Å². The zero-order valence-electron chi connectivity index (χ0n) is 18.7. The number of thiophene rings is 1. The van der Waals surface area contributed by atoms with Crippen molar-refractivity contribution >= 4 is 33.4 Å². The second-order valence-electron chi connectivity index (χ2n) is 8.58. The highest BCUT2D eigenvalue weighted by molar-refractivity contribution is 7.17. The largest absolute Gasteiger partial charge is 0.496 e. The number of rotatable bonds is 5. The molecule has 4 heterocycles. The van der Waals surface area contributed by atoms with Crippen molar-refractivity contribution in [1.82, 2.24) is 14.9 Å². The van der Waals surface area contributed by atoms with Gasteiger partial charge in [0.15, 0.2) is 0 Å². The number of fused-ring (bicyclic) bond motifs is 1. The number of aromatic nitrogens is 2. The third-order valence-corrected chi connectivity index (χ3v) is 7.35. The fraction of sp³-hybridized carbons (Fsp3) is 0.360. The number of anilines is 1. The minimum absolute atomic E-state index is 0.198. The number of piperidine rings is 1. The Bertz CT molecular complexity index is 1360. The lowest BCUT2D eigenvalue weighted by molar-refractivity contribution is 0.0943. The van der Waals surface area contributed by atoms with E-state index in [9.17, 15) is 14.9 Å². The van der Waals surface area contributed by atoms with E-state index in [4.69, 9.17) is 9.72 Å². The van der Waals surface area contributed by atoms with Crippen molar-refractivity contribution in [2.45, 2.75) is 38.3 Å². The van der Waals surface area contributed by atoms with Gasteiger partial charge in [-0.1, -0.05) is 24.8 Å². The van der Waals surface area contributed by atoms with Crippen LogP contribution >= 0.6 is 11.3 Å². The first-order valence-corrected chi connectivity index (χ1v) is 12.3. The first-order valence-electron chi connectivity index (χ1n) is 11.4. The first-order chi connectivity index (χ1) is 16.6. The molecule has 0 aliphatic carbocycles. The van der Waals surface area contributed by atoms with E-state index in [1.165, 1.54) is 11.3 Å². The van der Waals surface area contributed by atoms with Gasteiger partial charge in [0.05, 0.1) is 36.4 Å². The monoisotopic (exact) mass is 475 g/mol. The lowest BCUT2D eigenvalue weighted by Gasteiger charge is -2.29. The number of hydrogen-bond acceptors (Lipinski definition) is 7. The molecule has 2 aliphatic heterocycles. The molecule has 1 aromatic carbocycles. The molecule has 2 fully saturated rings. The van der Waals surface area contributed by atoms with E-state index >= 15 is 0 Å². The van der Waals surface area contributed by atoms with Gasteiger partial charge in [-0.2, -0.15) is 5.26 Å². The molecule has 34 heavy (non-hydrogen) atoms. The van der Waals surface area contributed by atoms with E-state index in [1.54, 1.807) is 16.0 Å². The van der Waals surface area contributed by atoms with E-state index in [0.717, 1.165) is 37.9 Å². The highest BCUT2D eigenvalue weighted by atomic mass is 32.1. The molecule has 174 valence electrons. The number of carbonyl (C=O) groups is 1. The molecule has 0 saturated carbocycles. The maximum atomic E-state index is 13.7. The Morgan fingerprint density at radius 3 is 2.82 bits per heavy atom. The summed E-state index contributed by atoms with van der Waals surface area (Å²) in [5, 5.41) is 14.2. The summed E-state index contributed by atoms with van der Waals surface area (Å²) in [6.07, 6.45) is 3.84. The number of ether oxygens (including phenoxy) is 1. The van der Waals surface area contributed by atoms with Crippen molar-refractivity contribution < 1.29 is 9.53 Å². The van der Waals surface area contributed by atoms with Crippen LogP contribution in [0.2, 0.25) is 0 Å². The van der Waals surface area contributed by atoms with E-state index in [-0.39, 0.29) is 24.1 Å². The number of nitrogens with one attached hydrogen (secondary N) is 1. The van der Waals surface area contributed by atoms with Crippen LogP contribution in [0, 0.1) is 11.3 Å². The van der Waals surface area contributed by atoms with E-state index in [1.807, 2.05) is 18.2 Å². The molecule has 0 spiro atoms. The zero-order chi connectivity index (χ0) is 23.7. The van der Waals surface area contributed by atoms with Crippen LogP contribution in [0.4, 0.5) is 5.95 Å². The van der Waals surface area contributed by atoms with Crippen LogP contribution in [0.5, 0.6) is 0 Å². The minimum Gasteiger partial charge on any atom is -0.496 e. The first kappa shape index (κ1) is 22.2. The molecule has 2 aromatic heterocycles. The molecule has 1 atom stereocenters. The number of benzene rings is 1. The SMILES string of the molecule is C=C1OCCC1NC(=O)c1csc2c(=O)n(Cc3ccccc3C#N)c(N3CCCCC3)nc12. The van der Waals surface area contributed by atoms with E-state index in [2.05, 4.69) is 22.9 Å². The summed E-state index contributed by atoms with van der Waals surface area (Å²) in [6, 6.07) is 9.25. The van der Waals surface area contributed by atoms with Gasteiger partial charge in [-0.3, -0.25) is 14.2 Å². The summed E-state index contributed by atoms with van der Waals surface area (Å²) in [6.45, 7) is 6.22. The molecule has 2 aliphatic rings. The summed E-state index contributed by atoms with van der Waals surface area (Å²) >= 11 is 1.22. The van der Waals surface area contributed by atoms with Crippen LogP contribution < -0.4 is 15.8 Å². The van der Waals surface area contributed by atoms with Crippen molar-refractivity contribution in [3.05, 3.63) is 69.0 Å². The molecule has 5 rings (SSSR count). The Morgan fingerprint density at radius 2 is 2.09 bits per heavy atom. The highest BCUT2D eigenvalue weighted by Crippen LogP contribution is 2.27. The lowest BCUT2D eigenvalue weighted by Crippen LogP contribution is -2.37. The molecule has 1 unspecified atom stereocenters. The van der Waals surface area contributed by atoms with Gasteiger partial charge in [-0.15, -0.1) is 11.3 Å². The second-order valence-corrected chi connectivity index (χ2v) is 9.46. The minimum atomic E-state index is -0.285. The van der Waals surface area contributed by atoms with Crippen LogP contribution in [0.1, 0.15) is 47.2 Å². The Kier molecular flexibility index (Phi) is 6.07. The fourth-order valence-electron chi connectivity index (χ4n) is 4.52. The second kappa shape index (κ2) is 9.31. The number of hydrogen-bond donors (Lipinski definition) is 1. The molecule has 1 N–H and O–H groups in total. The smallest absolute Gasteiger partial charge is 0.273 e. The third kappa shape index (κ3) is 4.05. The standard InChI is InChI=1S/C25H25N5O3S/c1-16-20(9-12-33-16)27-23(31)19-15-34-22-21(19)28-25(29-10-5-2-6-11-29)30(24(22)32)14-18-8-4-3-7-17(18)13-26/h3-4,7-8,15,20H,1-2,5-6,9-12,14H2,(H,27,31). The number of nitrogens with zero attached hydrogens (tertiary/aromatic N) is 4. The average molecular weight is 476 g/mol. The molecule has 0 radical (unpaired) electrons. The van der Waals surface area contributed by atoms with Crippen LogP contribution in [0.15, 0.2) is 46.8 Å². The molecule has 8 nitrogen and oxygen atoms in total. The Balaban J connectivity index is 1.59. The fourth-order valence-corrected chi connectivity index (χ4v) is 5.46. The van der Waals surface area contributed by atoms with Gasteiger partial charge in [0, 0.05) is 24.9 Å². The lowest BCUT2D eigenvalue weighted by atomic mass is 10.1. The van der Waals surface area contributed by atoms with Gasteiger partial charge in [0.2, 0.25) is 5.95 Å². The summed E-state index contributed by atoms with van der Waals surface area (Å²) in [4.78, 5) is 33.8. The Hall–Kier alpha value is -3.64. The van der Waals surface area contributed by atoms with E-state index < -0.39 is 0 Å². The maximum absolute atomic E-state index is 13.7. The summed E-state index contributed by atoms with van der Waals surface area (Å²) in [5.74, 6) is 0.811. The van der Waals surface area contributed by atoms with Gasteiger partial charge < -0.3 is 15.0 Å². The van der Waals surface area contributed by atoms with Crippen molar-refractivity contribution in [2.24, 2.45) is 0 Å². The average Bonchev–Trinajstić information content (AvgIpc) is 3.47. The van der Waals surface area contributed by atoms with Gasteiger partial charge >= 0.3 is 0 Å². The number of nitriles is 1. The third-order valence-electron chi connectivity index (χ3n) is 6.40. The summed E-state index contributed by atoms with van der Waals surface area (Å²) < 4.78 is 7.45. The summed E-state index contributed by atoms with van der Waals surface area (Å²) in [7, 11) is 0. The zero-order valence-corrected chi connectivity index (χ0v) is 19.6. The van der Waals surface area contributed by atoms with Gasteiger partial charge in [-0.25, -0.2) is 4.98 Å². The number of amides is 1.